The van der Waals surface area contributed by atoms with Crippen molar-refractivity contribution in [2.45, 2.75) is 115 Å². The number of carbonyl (C=O) groups excluding carboxylic acids is 1. The van der Waals surface area contributed by atoms with Gasteiger partial charge in [-0.2, -0.15) is 0 Å². The number of nitrogens with two attached hydrogens (primary N) is 1. The molecule has 4 nitrogen and oxygen atoms in total. The molecule has 0 bridgehead atoms. The molecule has 2 saturated carbocycles. The normalized spacial score (nSPS) is 32.7. The van der Waals surface area contributed by atoms with Crippen LogP contribution in [0.25, 0.3) is 0 Å². The molecule has 3 aliphatic rings. The molecule has 0 aliphatic heterocycles. The molecule has 1 amide bonds. The number of carbonyl (C=O) groups is 1. The Morgan fingerprint density at radius 1 is 1.03 bits per heavy atom. The van der Waals surface area contributed by atoms with E-state index in [-0.39, 0.29) is 17.4 Å². The second kappa shape index (κ2) is 10.8. The lowest BCUT2D eigenvalue weighted by Crippen LogP contribution is -2.47. The van der Waals surface area contributed by atoms with Crippen LogP contribution in [0.15, 0.2) is 18.2 Å². The zero-order valence-electron chi connectivity index (χ0n) is 20.6. The molecule has 3 aliphatic carbocycles. The summed E-state index contributed by atoms with van der Waals surface area (Å²) >= 11 is 0. The lowest BCUT2D eigenvalue weighted by atomic mass is 9.51. The van der Waals surface area contributed by atoms with Crippen LogP contribution in [0, 0.1) is 23.2 Å². The number of benzene rings is 1. The van der Waals surface area contributed by atoms with Crippen LogP contribution >= 0.6 is 0 Å². The zero-order valence-corrected chi connectivity index (χ0v) is 20.6. The largest absolute Gasteiger partial charge is 0.508 e. The van der Waals surface area contributed by atoms with Crippen LogP contribution in [-0.4, -0.2) is 22.2 Å². The maximum absolute atomic E-state index is 10.9. The zero-order chi connectivity index (χ0) is 23.4. The Labute approximate surface area is 200 Å². The van der Waals surface area contributed by atoms with E-state index in [9.17, 15) is 15.0 Å². The molecule has 0 spiro atoms. The molecule has 4 N–H and O–H groups in total. The van der Waals surface area contributed by atoms with E-state index in [1.54, 1.807) is 0 Å². The van der Waals surface area contributed by atoms with E-state index in [1.165, 1.54) is 68.9 Å². The summed E-state index contributed by atoms with van der Waals surface area (Å²) in [5, 5.41) is 21.0. The minimum atomic E-state index is -0.178. The van der Waals surface area contributed by atoms with Crippen LogP contribution in [-0.2, 0) is 11.2 Å². The van der Waals surface area contributed by atoms with Crippen molar-refractivity contribution < 1.29 is 15.0 Å². The first kappa shape index (κ1) is 24.6. The van der Waals surface area contributed by atoms with Gasteiger partial charge in [0.1, 0.15) is 5.75 Å². The number of rotatable bonds is 11. The number of aliphatic hydroxyl groups excluding tert-OH is 1. The number of aromatic hydroxyl groups is 1. The van der Waals surface area contributed by atoms with E-state index < -0.39 is 0 Å². The quantitative estimate of drug-likeness (QED) is 0.346. The highest BCUT2D eigenvalue weighted by molar-refractivity contribution is 5.73. The lowest BCUT2D eigenvalue weighted by Gasteiger charge is -2.54. The fourth-order valence-electron chi connectivity index (χ4n) is 7.90. The number of phenols is 1. The minimum Gasteiger partial charge on any atom is -0.508 e. The van der Waals surface area contributed by atoms with Gasteiger partial charge in [0, 0.05) is 6.42 Å². The standard InChI is InChI=1S/C29H45NO3/c1-29-19-21(10-8-6-4-2-3-5-7-9-11-27(30)33)28-23-15-13-22(31)18-20(23)12-14-24(28)25(29)16-17-26(29)32/h13,15,18,21,24-26,28,31-32H,2-12,14,16-17,19H2,1H3,(H2,30,33)/t21-,24-,25-,26-,28+,29-/m0/s1. The van der Waals surface area contributed by atoms with Gasteiger partial charge in [-0.15, -0.1) is 0 Å². The molecule has 0 radical (unpaired) electrons. The van der Waals surface area contributed by atoms with Gasteiger partial charge in [-0.25, -0.2) is 0 Å². The smallest absolute Gasteiger partial charge is 0.217 e. The number of fused-ring (bicyclic) bond motifs is 5. The number of unbranched alkanes of at least 4 members (excludes halogenated alkanes) is 7. The summed E-state index contributed by atoms with van der Waals surface area (Å²) < 4.78 is 0. The van der Waals surface area contributed by atoms with Crippen LogP contribution in [0.3, 0.4) is 0 Å². The molecule has 6 atom stereocenters. The molecule has 4 rings (SSSR count). The average molecular weight is 456 g/mol. The van der Waals surface area contributed by atoms with Crippen molar-refractivity contribution in [3.63, 3.8) is 0 Å². The van der Waals surface area contributed by atoms with Crippen molar-refractivity contribution in [2.24, 2.45) is 28.9 Å². The Morgan fingerprint density at radius 2 is 1.73 bits per heavy atom. The number of hydrogen-bond acceptors (Lipinski definition) is 3. The third-order valence-electron chi connectivity index (χ3n) is 9.53. The maximum Gasteiger partial charge on any atom is 0.217 e. The number of phenolic OH excluding ortho intramolecular Hbond substituents is 1. The summed E-state index contributed by atoms with van der Waals surface area (Å²) in [5.41, 5.74) is 8.15. The van der Waals surface area contributed by atoms with Crippen molar-refractivity contribution in [3.05, 3.63) is 29.3 Å². The van der Waals surface area contributed by atoms with E-state index in [1.807, 2.05) is 12.1 Å². The van der Waals surface area contributed by atoms with E-state index in [0.717, 1.165) is 32.1 Å². The topological polar surface area (TPSA) is 83.6 Å². The van der Waals surface area contributed by atoms with Crippen LogP contribution in [0.4, 0.5) is 0 Å². The van der Waals surface area contributed by atoms with E-state index in [4.69, 9.17) is 5.73 Å². The highest BCUT2D eigenvalue weighted by atomic mass is 16.3. The fourth-order valence-corrected chi connectivity index (χ4v) is 7.90. The number of aliphatic hydroxyl groups is 1. The second-order valence-electron chi connectivity index (χ2n) is 11.6. The van der Waals surface area contributed by atoms with E-state index >= 15 is 0 Å². The summed E-state index contributed by atoms with van der Waals surface area (Å²) in [5.74, 6) is 2.79. The van der Waals surface area contributed by atoms with Gasteiger partial charge in [0.15, 0.2) is 0 Å². The molecule has 0 saturated heterocycles. The number of amides is 1. The summed E-state index contributed by atoms with van der Waals surface area (Å²) in [6.07, 6.45) is 16.9. The van der Waals surface area contributed by atoms with Gasteiger partial charge in [-0.3, -0.25) is 4.79 Å². The Morgan fingerprint density at radius 3 is 2.45 bits per heavy atom. The first-order chi connectivity index (χ1) is 15.9. The summed E-state index contributed by atoms with van der Waals surface area (Å²) in [4.78, 5) is 10.8. The van der Waals surface area contributed by atoms with Gasteiger partial charge in [-0.1, -0.05) is 57.9 Å². The van der Waals surface area contributed by atoms with Crippen molar-refractivity contribution >= 4 is 5.91 Å². The third kappa shape index (κ3) is 5.42. The maximum atomic E-state index is 10.9. The van der Waals surface area contributed by atoms with Crippen LogP contribution in [0.1, 0.15) is 114 Å². The Bertz CT molecular complexity index is 808. The highest BCUT2D eigenvalue weighted by Crippen LogP contribution is 2.63. The minimum absolute atomic E-state index is 0.0885. The molecular weight excluding hydrogens is 410 g/mol. The van der Waals surface area contributed by atoms with Crippen LogP contribution in [0.2, 0.25) is 0 Å². The molecule has 33 heavy (non-hydrogen) atoms. The third-order valence-corrected chi connectivity index (χ3v) is 9.53. The van der Waals surface area contributed by atoms with Gasteiger partial charge in [0.05, 0.1) is 6.10 Å². The predicted octanol–water partition coefficient (Wildman–Crippen LogP) is 6.22. The highest BCUT2D eigenvalue weighted by Gasteiger charge is 2.57. The number of hydrogen-bond donors (Lipinski definition) is 3. The van der Waals surface area contributed by atoms with Crippen LogP contribution in [0.5, 0.6) is 5.75 Å². The monoisotopic (exact) mass is 455 g/mol. The predicted molar refractivity (Wildman–Crippen MR) is 133 cm³/mol. The van der Waals surface area contributed by atoms with E-state index in [0.29, 0.717) is 35.8 Å². The molecule has 2 fully saturated rings. The average Bonchev–Trinajstić information content (AvgIpc) is 3.08. The van der Waals surface area contributed by atoms with Crippen LogP contribution < -0.4 is 5.73 Å². The molecule has 0 unspecified atom stereocenters. The molecule has 184 valence electrons. The van der Waals surface area contributed by atoms with Crippen molar-refractivity contribution in [2.75, 3.05) is 0 Å². The SMILES string of the molecule is C[C@]12C[C@H](CCCCCCCCCCC(N)=O)[C@@H]3c4ccc(O)cc4CC[C@H]3[C@@H]1CC[C@@H]2O. The number of primary amides is 1. The van der Waals surface area contributed by atoms with Gasteiger partial charge in [0.2, 0.25) is 5.91 Å². The van der Waals surface area contributed by atoms with Gasteiger partial charge < -0.3 is 15.9 Å². The van der Waals surface area contributed by atoms with Gasteiger partial charge >= 0.3 is 0 Å². The molecule has 4 heteroatoms. The molecular formula is C29H45NO3. The molecule has 1 aromatic carbocycles. The fraction of sp³-hybridized carbons (Fsp3) is 0.759. The van der Waals surface area contributed by atoms with Gasteiger partial charge in [-0.05, 0) is 97.3 Å². The summed E-state index contributed by atoms with van der Waals surface area (Å²) in [6.45, 7) is 2.38. The number of aryl methyl sites for hydroxylation is 1. The summed E-state index contributed by atoms with van der Waals surface area (Å²) in [6, 6.07) is 6.10. The Kier molecular flexibility index (Phi) is 8.04. The first-order valence-corrected chi connectivity index (χ1v) is 13.7. The Balaban J connectivity index is 1.32. The van der Waals surface area contributed by atoms with E-state index in [2.05, 4.69) is 13.0 Å². The van der Waals surface area contributed by atoms with Gasteiger partial charge in [0.25, 0.3) is 0 Å². The first-order valence-electron chi connectivity index (χ1n) is 13.7. The van der Waals surface area contributed by atoms with Crippen molar-refractivity contribution in [3.8, 4) is 5.75 Å². The Hall–Kier alpha value is -1.55. The summed E-state index contributed by atoms with van der Waals surface area (Å²) in [7, 11) is 0. The van der Waals surface area contributed by atoms with Crippen molar-refractivity contribution in [1.29, 1.82) is 0 Å². The molecule has 1 aromatic rings. The second-order valence-corrected chi connectivity index (χ2v) is 11.6. The van der Waals surface area contributed by atoms with Crippen molar-refractivity contribution in [1.82, 2.24) is 0 Å². The molecule has 0 heterocycles. The molecule has 0 aromatic heterocycles. The lowest BCUT2D eigenvalue weighted by molar-refractivity contribution is -0.118.